The summed E-state index contributed by atoms with van der Waals surface area (Å²) in [6, 6.07) is 13.9. The molecule has 0 saturated carbocycles. The van der Waals surface area contributed by atoms with Gasteiger partial charge in [-0.15, -0.1) is 0 Å². The number of fused-ring (bicyclic) bond motifs is 1. The molecular weight excluding hydrogens is 334 g/mol. The second-order valence-corrected chi connectivity index (χ2v) is 6.26. The van der Waals surface area contributed by atoms with Crippen molar-refractivity contribution >= 4 is 17.5 Å². The van der Waals surface area contributed by atoms with E-state index in [1.165, 1.54) is 4.90 Å². The van der Waals surface area contributed by atoms with Gasteiger partial charge in [0.2, 0.25) is 0 Å². The van der Waals surface area contributed by atoms with E-state index in [9.17, 15) is 14.9 Å². The van der Waals surface area contributed by atoms with Crippen LogP contribution in [0.25, 0.3) is 0 Å². The highest BCUT2D eigenvalue weighted by molar-refractivity contribution is 5.70. The van der Waals surface area contributed by atoms with Crippen LogP contribution in [0.15, 0.2) is 48.5 Å². The van der Waals surface area contributed by atoms with Gasteiger partial charge in [-0.1, -0.05) is 24.3 Å². The minimum Gasteiger partial charge on any atom is -0.410 e. The Kier molecular flexibility index (Phi) is 5.36. The average Bonchev–Trinajstić information content (AvgIpc) is 2.66. The van der Waals surface area contributed by atoms with Gasteiger partial charge in [0.25, 0.3) is 5.69 Å². The Morgan fingerprint density at radius 2 is 2.04 bits per heavy atom. The Hall–Kier alpha value is -3.09. The van der Waals surface area contributed by atoms with Crippen molar-refractivity contribution in [1.29, 1.82) is 0 Å². The van der Waals surface area contributed by atoms with E-state index >= 15 is 0 Å². The molecule has 26 heavy (non-hydrogen) atoms. The Bertz CT molecular complexity index is 795. The van der Waals surface area contributed by atoms with Crippen molar-refractivity contribution in [3.63, 3.8) is 0 Å². The third kappa shape index (κ3) is 4.11. The van der Waals surface area contributed by atoms with Crippen LogP contribution in [0.1, 0.15) is 12.0 Å². The van der Waals surface area contributed by atoms with Crippen molar-refractivity contribution in [1.82, 2.24) is 4.90 Å². The number of carbonyl (C=O) groups is 1. The summed E-state index contributed by atoms with van der Waals surface area (Å²) in [5.41, 5.74) is 2.08. The molecule has 3 rings (SSSR count). The zero-order valence-corrected chi connectivity index (χ0v) is 14.6. The lowest BCUT2D eigenvalue weighted by Gasteiger charge is -2.32. The van der Waals surface area contributed by atoms with Gasteiger partial charge in [0, 0.05) is 44.5 Å². The predicted octanol–water partition coefficient (Wildman–Crippen LogP) is 3.48. The monoisotopic (exact) mass is 355 g/mol. The number of benzene rings is 2. The highest BCUT2D eigenvalue weighted by atomic mass is 16.6. The molecule has 2 aromatic carbocycles. The maximum Gasteiger partial charge on any atom is 0.415 e. The lowest BCUT2D eigenvalue weighted by atomic mass is 10.0. The number of amides is 1. The summed E-state index contributed by atoms with van der Waals surface area (Å²) >= 11 is 0. The highest BCUT2D eigenvalue weighted by Gasteiger charge is 2.21. The van der Waals surface area contributed by atoms with E-state index in [1.807, 2.05) is 12.1 Å². The fourth-order valence-corrected chi connectivity index (χ4v) is 3.01. The standard InChI is InChI=1S/C19H21N3O4/c1-20(19(23)26-17-7-3-2-4-8-17)12-13-21-11-5-6-15-9-10-16(22(24)25)14-18(15)21/h2-4,7-10,14H,5-6,11-13H2,1H3. The zero-order valence-electron chi connectivity index (χ0n) is 14.6. The van der Waals surface area contributed by atoms with Crippen molar-refractivity contribution in [3.05, 3.63) is 64.2 Å². The SMILES string of the molecule is CN(CCN1CCCc2ccc([N+](=O)[O-])cc21)C(=O)Oc1ccccc1. The van der Waals surface area contributed by atoms with Crippen LogP contribution in [0.4, 0.5) is 16.2 Å². The number of ether oxygens (including phenoxy) is 1. The normalized spacial score (nSPS) is 13.0. The molecule has 136 valence electrons. The first-order valence-electron chi connectivity index (χ1n) is 8.55. The van der Waals surface area contributed by atoms with Crippen LogP contribution in [0.3, 0.4) is 0 Å². The minimum absolute atomic E-state index is 0.0903. The summed E-state index contributed by atoms with van der Waals surface area (Å²) in [7, 11) is 1.68. The first kappa shape index (κ1) is 17.7. The number of para-hydroxylation sites is 1. The molecular formula is C19H21N3O4. The maximum atomic E-state index is 12.2. The zero-order chi connectivity index (χ0) is 18.5. The van der Waals surface area contributed by atoms with E-state index < -0.39 is 6.09 Å². The molecule has 0 atom stereocenters. The molecule has 0 fully saturated rings. The van der Waals surface area contributed by atoms with Crippen molar-refractivity contribution in [3.8, 4) is 5.75 Å². The summed E-state index contributed by atoms with van der Waals surface area (Å²) in [6.07, 6.45) is 1.48. The minimum atomic E-state index is -0.424. The third-order valence-corrected chi connectivity index (χ3v) is 4.46. The number of aryl methyl sites for hydroxylation is 1. The van der Waals surface area contributed by atoms with Crippen LogP contribution >= 0.6 is 0 Å². The van der Waals surface area contributed by atoms with E-state index in [1.54, 1.807) is 43.4 Å². The molecule has 0 N–H and O–H groups in total. The number of likely N-dealkylation sites (N-methyl/N-ethyl adjacent to an activating group) is 1. The first-order valence-corrected chi connectivity index (χ1v) is 8.55. The van der Waals surface area contributed by atoms with E-state index in [2.05, 4.69) is 4.90 Å². The van der Waals surface area contributed by atoms with Crippen LogP contribution in [0.2, 0.25) is 0 Å². The van der Waals surface area contributed by atoms with Gasteiger partial charge >= 0.3 is 6.09 Å². The quantitative estimate of drug-likeness (QED) is 0.606. The molecule has 0 radical (unpaired) electrons. The second-order valence-electron chi connectivity index (χ2n) is 6.26. The van der Waals surface area contributed by atoms with E-state index in [-0.39, 0.29) is 10.6 Å². The molecule has 1 aliphatic rings. The molecule has 7 nitrogen and oxygen atoms in total. The third-order valence-electron chi connectivity index (χ3n) is 4.46. The van der Waals surface area contributed by atoms with Gasteiger partial charge in [0.15, 0.2) is 0 Å². The lowest BCUT2D eigenvalue weighted by Crippen LogP contribution is -2.39. The van der Waals surface area contributed by atoms with Gasteiger partial charge in [0.05, 0.1) is 4.92 Å². The molecule has 0 saturated heterocycles. The molecule has 1 heterocycles. The van der Waals surface area contributed by atoms with Crippen molar-refractivity contribution in [2.75, 3.05) is 31.6 Å². The first-order chi connectivity index (χ1) is 12.5. The number of rotatable bonds is 5. The van der Waals surface area contributed by atoms with Gasteiger partial charge in [-0.05, 0) is 30.5 Å². The van der Waals surface area contributed by atoms with Gasteiger partial charge in [0.1, 0.15) is 5.75 Å². The largest absolute Gasteiger partial charge is 0.415 e. The number of non-ortho nitro benzene ring substituents is 1. The van der Waals surface area contributed by atoms with Crippen molar-refractivity contribution in [2.45, 2.75) is 12.8 Å². The summed E-state index contributed by atoms with van der Waals surface area (Å²) < 4.78 is 5.32. The fraction of sp³-hybridized carbons (Fsp3) is 0.316. The number of carbonyl (C=O) groups excluding carboxylic acids is 1. The molecule has 0 aromatic heterocycles. The molecule has 0 unspecified atom stereocenters. The fourth-order valence-electron chi connectivity index (χ4n) is 3.01. The van der Waals surface area contributed by atoms with E-state index in [4.69, 9.17) is 4.74 Å². The van der Waals surface area contributed by atoms with Crippen LogP contribution in [-0.2, 0) is 6.42 Å². The second kappa shape index (κ2) is 7.86. The average molecular weight is 355 g/mol. The van der Waals surface area contributed by atoms with Crippen LogP contribution < -0.4 is 9.64 Å². The Balaban J connectivity index is 1.62. The number of hydrogen-bond donors (Lipinski definition) is 0. The number of nitro groups is 1. The molecule has 0 spiro atoms. The van der Waals surface area contributed by atoms with Crippen molar-refractivity contribution in [2.24, 2.45) is 0 Å². The van der Waals surface area contributed by atoms with Crippen LogP contribution in [0.5, 0.6) is 5.75 Å². The summed E-state index contributed by atoms with van der Waals surface area (Å²) in [6.45, 7) is 1.87. The molecule has 7 heteroatoms. The lowest BCUT2D eigenvalue weighted by molar-refractivity contribution is -0.384. The predicted molar refractivity (Wildman–Crippen MR) is 98.7 cm³/mol. The summed E-state index contributed by atoms with van der Waals surface area (Å²) in [4.78, 5) is 26.4. The van der Waals surface area contributed by atoms with Crippen molar-refractivity contribution < 1.29 is 14.5 Å². The molecule has 1 amide bonds. The number of nitro benzene ring substituents is 1. The molecule has 1 aliphatic heterocycles. The van der Waals surface area contributed by atoms with E-state index in [0.29, 0.717) is 18.8 Å². The molecule has 0 bridgehead atoms. The Morgan fingerprint density at radius 3 is 2.77 bits per heavy atom. The Morgan fingerprint density at radius 1 is 1.27 bits per heavy atom. The number of anilines is 1. The molecule has 2 aromatic rings. The van der Waals surface area contributed by atoms with Gasteiger partial charge < -0.3 is 14.5 Å². The van der Waals surface area contributed by atoms with Crippen LogP contribution in [0, 0.1) is 10.1 Å². The van der Waals surface area contributed by atoms with E-state index in [0.717, 1.165) is 30.6 Å². The van der Waals surface area contributed by atoms with Gasteiger partial charge in [-0.25, -0.2) is 4.79 Å². The number of hydrogen-bond acceptors (Lipinski definition) is 5. The molecule has 0 aliphatic carbocycles. The van der Waals surface area contributed by atoms with Crippen LogP contribution in [-0.4, -0.2) is 42.6 Å². The van der Waals surface area contributed by atoms with Gasteiger partial charge in [-0.2, -0.15) is 0 Å². The maximum absolute atomic E-state index is 12.2. The smallest absolute Gasteiger partial charge is 0.410 e. The number of nitrogens with zero attached hydrogens (tertiary/aromatic N) is 3. The van der Waals surface area contributed by atoms with Gasteiger partial charge in [-0.3, -0.25) is 10.1 Å². The Labute approximate surface area is 151 Å². The topological polar surface area (TPSA) is 75.9 Å². The summed E-state index contributed by atoms with van der Waals surface area (Å²) in [5, 5.41) is 11.0. The highest BCUT2D eigenvalue weighted by Crippen LogP contribution is 2.30. The summed E-state index contributed by atoms with van der Waals surface area (Å²) in [5.74, 6) is 0.503.